The molecule has 0 aliphatic carbocycles. The maximum absolute atomic E-state index is 12.7. The molecule has 0 bridgehead atoms. The first kappa shape index (κ1) is 18.0. The minimum absolute atomic E-state index is 0.00640. The van der Waals surface area contributed by atoms with Crippen LogP contribution in [0.3, 0.4) is 0 Å². The molecule has 7 nitrogen and oxygen atoms in total. The van der Waals surface area contributed by atoms with E-state index in [4.69, 9.17) is 5.11 Å². The zero-order chi connectivity index (χ0) is 18.5. The van der Waals surface area contributed by atoms with Gasteiger partial charge in [-0.25, -0.2) is 14.6 Å². The molecule has 0 saturated carbocycles. The Balaban J connectivity index is 1.66. The number of carboxylic acids is 1. The van der Waals surface area contributed by atoms with Gasteiger partial charge in [0.05, 0.1) is 11.6 Å². The number of hydrogen-bond donors (Lipinski definition) is 2. The second-order valence-corrected chi connectivity index (χ2v) is 6.44. The summed E-state index contributed by atoms with van der Waals surface area (Å²) in [6.45, 7) is 3.98. The summed E-state index contributed by atoms with van der Waals surface area (Å²) < 4.78 is 2.08. The summed E-state index contributed by atoms with van der Waals surface area (Å²) >= 11 is 0. The first-order valence-corrected chi connectivity index (χ1v) is 8.98. The second-order valence-electron chi connectivity index (χ2n) is 6.44. The molecule has 0 spiro atoms. The number of nitrogens with zero attached hydrogens (tertiary/aromatic N) is 3. The Labute approximate surface area is 152 Å². The number of aromatic nitrogens is 2. The van der Waals surface area contributed by atoms with E-state index in [0.717, 1.165) is 37.2 Å². The van der Waals surface area contributed by atoms with E-state index in [2.05, 4.69) is 21.8 Å². The molecule has 1 atom stereocenters. The summed E-state index contributed by atoms with van der Waals surface area (Å²) in [6.07, 6.45) is 6.72. The van der Waals surface area contributed by atoms with Crippen molar-refractivity contribution in [3.8, 4) is 0 Å². The van der Waals surface area contributed by atoms with Crippen LogP contribution in [-0.4, -0.2) is 38.1 Å². The van der Waals surface area contributed by atoms with Gasteiger partial charge in [-0.3, -0.25) is 0 Å². The maximum atomic E-state index is 12.7. The van der Waals surface area contributed by atoms with Crippen molar-refractivity contribution < 1.29 is 14.7 Å². The summed E-state index contributed by atoms with van der Waals surface area (Å²) in [5, 5.41) is 11.9. The van der Waals surface area contributed by atoms with E-state index in [0.29, 0.717) is 13.1 Å². The molecule has 1 unspecified atom stereocenters. The van der Waals surface area contributed by atoms with Crippen molar-refractivity contribution in [2.45, 2.75) is 45.3 Å². The molecule has 138 valence electrons. The number of benzene rings is 1. The zero-order valence-corrected chi connectivity index (χ0v) is 14.9. The lowest BCUT2D eigenvalue weighted by atomic mass is 10.0. The first-order chi connectivity index (χ1) is 12.6. The Morgan fingerprint density at radius 1 is 1.27 bits per heavy atom. The van der Waals surface area contributed by atoms with Crippen LogP contribution in [0.5, 0.6) is 0 Å². The van der Waals surface area contributed by atoms with Gasteiger partial charge in [-0.15, -0.1) is 0 Å². The molecule has 2 heterocycles. The molecule has 1 saturated heterocycles. The fraction of sp³-hybridized carbons (Fsp3) is 0.421. The van der Waals surface area contributed by atoms with Crippen molar-refractivity contribution in [2.75, 3.05) is 6.54 Å². The van der Waals surface area contributed by atoms with Crippen LogP contribution in [0.2, 0.25) is 0 Å². The summed E-state index contributed by atoms with van der Waals surface area (Å²) in [5.41, 5.74) is 1.11. The minimum atomic E-state index is -0.955. The van der Waals surface area contributed by atoms with E-state index in [-0.39, 0.29) is 17.6 Å². The van der Waals surface area contributed by atoms with Gasteiger partial charge in [0.2, 0.25) is 0 Å². The van der Waals surface area contributed by atoms with Gasteiger partial charge in [0.15, 0.2) is 0 Å². The number of carbonyl (C=O) groups excluding carboxylic acids is 1. The van der Waals surface area contributed by atoms with Crippen LogP contribution >= 0.6 is 0 Å². The van der Waals surface area contributed by atoms with Gasteiger partial charge >= 0.3 is 12.0 Å². The lowest BCUT2D eigenvalue weighted by Crippen LogP contribution is -2.45. The van der Waals surface area contributed by atoms with Crippen molar-refractivity contribution in [2.24, 2.45) is 0 Å². The zero-order valence-electron chi connectivity index (χ0n) is 14.9. The standard InChI is InChI=1S/C19H24N4O3/c1-2-22-12-10-20-17(22)16-5-3-4-11-23(16)19(26)21-13-14-6-8-15(9-7-14)18(24)25/h6-10,12,16H,2-5,11,13H2,1H3,(H,21,26)(H,24,25). The lowest BCUT2D eigenvalue weighted by Gasteiger charge is -2.35. The molecule has 2 amide bonds. The molecular weight excluding hydrogens is 332 g/mol. The molecule has 1 fully saturated rings. The second kappa shape index (κ2) is 8.03. The third-order valence-corrected chi connectivity index (χ3v) is 4.79. The van der Waals surface area contributed by atoms with E-state index in [1.165, 1.54) is 0 Å². The molecule has 1 aromatic carbocycles. The normalized spacial score (nSPS) is 17.1. The Morgan fingerprint density at radius 3 is 2.73 bits per heavy atom. The van der Waals surface area contributed by atoms with Crippen molar-refractivity contribution in [3.63, 3.8) is 0 Å². The van der Waals surface area contributed by atoms with Crippen molar-refractivity contribution in [3.05, 3.63) is 53.6 Å². The summed E-state index contributed by atoms with van der Waals surface area (Å²) in [7, 11) is 0. The third-order valence-electron chi connectivity index (χ3n) is 4.79. The average Bonchev–Trinajstić information content (AvgIpc) is 3.15. The molecule has 1 aliphatic rings. The number of amides is 2. The molecule has 1 aliphatic heterocycles. The van der Waals surface area contributed by atoms with Crippen LogP contribution in [0.25, 0.3) is 0 Å². The van der Waals surface area contributed by atoms with Gasteiger partial charge in [-0.05, 0) is 43.9 Å². The monoisotopic (exact) mass is 356 g/mol. The number of carboxylic acid groups (broad SMARTS) is 1. The van der Waals surface area contributed by atoms with Gasteiger partial charge in [0.25, 0.3) is 0 Å². The van der Waals surface area contributed by atoms with E-state index in [1.807, 2.05) is 11.1 Å². The minimum Gasteiger partial charge on any atom is -0.478 e. The van der Waals surface area contributed by atoms with Crippen molar-refractivity contribution in [1.29, 1.82) is 0 Å². The number of aromatic carboxylic acids is 1. The number of rotatable bonds is 5. The Bertz CT molecular complexity index is 769. The SMILES string of the molecule is CCn1ccnc1C1CCCCN1C(=O)NCc1ccc(C(=O)O)cc1. The number of carbonyl (C=O) groups is 2. The smallest absolute Gasteiger partial charge is 0.335 e. The van der Waals surface area contributed by atoms with E-state index in [1.54, 1.807) is 30.5 Å². The third kappa shape index (κ3) is 3.87. The van der Waals surface area contributed by atoms with Gasteiger partial charge < -0.3 is 19.9 Å². The highest BCUT2D eigenvalue weighted by Gasteiger charge is 2.30. The predicted molar refractivity (Wildman–Crippen MR) is 96.8 cm³/mol. The molecule has 2 aromatic rings. The van der Waals surface area contributed by atoms with E-state index < -0.39 is 5.97 Å². The Morgan fingerprint density at radius 2 is 2.04 bits per heavy atom. The number of aryl methyl sites for hydroxylation is 1. The number of urea groups is 1. The molecule has 0 radical (unpaired) electrons. The van der Waals surface area contributed by atoms with Crippen LogP contribution in [0, 0.1) is 0 Å². The fourth-order valence-corrected chi connectivity index (χ4v) is 3.37. The topological polar surface area (TPSA) is 87.5 Å². The highest BCUT2D eigenvalue weighted by molar-refractivity contribution is 5.87. The van der Waals surface area contributed by atoms with Crippen LogP contribution in [0.4, 0.5) is 4.79 Å². The van der Waals surface area contributed by atoms with Crippen molar-refractivity contribution in [1.82, 2.24) is 19.8 Å². The van der Waals surface area contributed by atoms with Gasteiger partial charge in [0, 0.05) is 32.0 Å². The van der Waals surface area contributed by atoms with Crippen molar-refractivity contribution >= 4 is 12.0 Å². The quantitative estimate of drug-likeness (QED) is 0.862. The molecular formula is C19H24N4O3. The van der Waals surface area contributed by atoms with E-state index >= 15 is 0 Å². The highest BCUT2D eigenvalue weighted by Crippen LogP contribution is 2.30. The lowest BCUT2D eigenvalue weighted by molar-refractivity contribution is 0.0697. The fourth-order valence-electron chi connectivity index (χ4n) is 3.37. The molecule has 26 heavy (non-hydrogen) atoms. The highest BCUT2D eigenvalue weighted by atomic mass is 16.4. The number of nitrogens with one attached hydrogen (secondary N) is 1. The maximum Gasteiger partial charge on any atom is 0.335 e. The predicted octanol–water partition coefficient (Wildman–Crippen LogP) is 3.04. The summed E-state index contributed by atoms with van der Waals surface area (Å²) in [5.74, 6) is -0.0173. The van der Waals surface area contributed by atoms with Gasteiger partial charge in [0.1, 0.15) is 5.82 Å². The molecule has 7 heteroatoms. The van der Waals surface area contributed by atoms with Crippen LogP contribution < -0.4 is 5.32 Å². The van der Waals surface area contributed by atoms with Crippen LogP contribution in [0.15, 0.2) is 36.7 Å². The van der Waals surface area contributed by atoms with Crippen LogP contribution in [0.1, 0.15) is 54.0 Å². The average molecular weight is 356 g/mol. The molecule has 1 aromatic heterocycles. The molecule has 2 N–H and O–H groups in total. The van der Waals surface area contributed by atoms with Gasteiger partial charge in [-0.1, -0.05) is 12.1 Å². The largest absolute Gasteiger partial charge is 0.478 e. The first-order valence-electron chi connectivity index (χ1n) is 8.98. The number of hydrogen-bond acceptors (Lipinski definition) is 3. The Hall–Kier alpha value is -2.83. The number of likely N-dealkylation sites (tertiary alicyclic amines) is 1. The summed E-state index contributed by atoms with van der Waals surface area (Å²) in [6, 6.07) is 6.43. The van der Waals surface area contributed by atoms with Crippen LogP contribution in [-0.2, 0) is 13.1 Å². The summed E-state index contributed by atoms with van der Waals surface area (Å²) in [4.78, 5) is 30.0. The molecule has 3 rings (SSSR count). The number of imidazole rings is 1. The number of piperidine rings is 1. The van der Waals surface area contributed by atoms with Gasteiger partial charge in [-0.2, -0.15) is 0 Å². The van der Waals surface area contributed by atoms with E-state index in [9.17, 15) is 9.59 Å². The Kier molecular flexibility index (Phi) is 5.55.